The number of hydrogen-bond donors (Lipinski definition) is 0. The Bertz CT molecular complexity index is 1030. The number of aromatic nitrogens is 3. The molecule has 3 heteroatoms. The van der Waals surface area contributed by atoms with Gasteiger partial charge in [-0.15, -0.1) is 0 Å². The molecule has 1 heterocycles. The molecule has 0 radical (unpaired) electrons. The SMILES string of the molecule is Cc1cccc(C)c1-c1nc(-c2c(C)cccc2C)nc(-c2c(C)cccc2C)n1. The summed E-state index contributed by atoms with van der Waals surface area (Å²) in [7, 11) is 0. The molecule has 150 valence electrons. The van der Waals surface area contributed by atoms with Gasteiger partial charge in [-0.05, 0) is 74.9 Å². The predicted octanol–water partition coefficient (Wildman–Crippen LogP) is 6.72. The van der Waals surface area contributed by atoms with Crippen LogP contribution in [0, 0.1) is 41.5 Å². The van der Waals surface area contributed by atoms with Gasteiger partial charge in [0.1, 0.15) is 0 Å². The van der Waals surface area contributed by atoms with E-state index in [9.17, 15) is 0 Å². The van der Waals surface area contributed by atoms with Crippen LogP contribution in [0.2, 0.25) is 0 Å². The summed E-state index contributed by atoms with van der Waals surface area (Å²) in [5.74, 6) is 2.20. The molecule has 0 atom stereocenters. The van der Waals surface area contributed by atoms with E-state index in [0.717, 1.165) is 34.2 Å². The second-order valence-electron chi connectivity index (χ2n) is 8.11. The Balaban J connectivity index is 2.08. The first-order chi connectivity index (χ1) is 14.4. The lowest BCUT2D eigenvalue weighted by molar-refractivity contribution is 1.05. The minimum absolute atomic E-state index is 0.732. The lowest BCUT2D eigenvalue weighted by Gasteiger charge is -2.15. The van der Waals surface area contributed by atoms with Crippen molar-refractivity contribution in [3.8, 4) is 34.2 Å². The van der Waals surface area contributed by atoms with E-state index in [4.69, 9.17) is 15.0 Å². The summed E-state index contributed by atoms with van der Waals surface area (Å²) in [6.45, 7) is 12.7. The topological polar surface area (TPSA) is 38.7 Å². The molecule has 3 nitrogen and oxygen atoms in total. The zero-order valence-electron chi connectivity index (χ0n) is 18.5. The molecule has 0 saturated carbocycles. The maximum atomic E-state index is 4.98. The van der Waals surface area contributed by atoms with E-state index in [0.29, 0.717) is 0 Å². The zero-order chi connectivity index (χ0) is 21.4. The van der Waals surface area contributed by atoms with Crippen LogP contribution < -0.4 is 0 Å². The highest BCUT2D eigenvalue weighted by atomic mass is 15.0. The van der Waals surface area contributed by atoms with Crippen molar-refractivity contribution < 1.29 is 0 Å². The van der Waals surface area contributed by atoms with Crippen LogP contribution in [0.15, 0.2) is 54.6 Å². The average Bonchev–Trinajstić information content (AvgIpc) is 2.67. The lowest BCUT2D eigenvalue weighted by Crippen LogP contribution is -2.05. The Morgan fingerprint density at radius 1 is 0.367 bits per heavy atom. The third-order valence-corrected chi connectivity index (χ3v) is 5.75. The summed E-state index contributed by atoms with van der Waals surface area (Å²) in [6, 6.07) is 18.9. The van der Waals surface area contributed by atoms with Gasteiger partial charge in [-0.1, -0.05) is 54.6 Å². The molecule has 0 bridgehead atoms. The van der Waals surface area contributed by atoms with E-state index >= 15 is 0 Å². The van der Waals surface area contributed by atoms with Crippen LogP contribution in [0.1, 0.15) is 33.4 Å². The summed E-state index contributed by atoms with van der Waals surface area (Å²) in [5, 5.41) is 0. The fourth-order valence-corrected chi connectivity index (χ4v) is 4.21. The van der Waals surface area contributed by atoms with E-state index in [2.05, 4.69) is 96.1 Å². The first-order valence-electron chi connectivity index (χ1n) is 10.3. The first kappa shape index (κ1) is 20.0. The fourth-order valence-electron chi connectivity index (χ4n) is 4.21. The van der Waals surface area contributed by atoms with E-state index < -0.39 is 0 Å². The summed E-state index contributed by atoms with van der Waals surface area (Å²) in [6.07, 6.45) is 0. The van der Waals surface area contributed by atoms with Crippen LogP contribution >= 0.6 is 0 Å². The Kier molecular flexibility index (Phi) is 5.21. The third kappa shape index (κ3) is 3.52. The molecule has 0 aliphatic heterocycles. The summed E-state index contributed by atoms with van der Waals surface area (Å²) in [4.78, 5) is 14.9. The number of benzene rings is 3. The van der Waals surface area contributed by atoms with Crippen molar-refractivity contribution in [1.29, 1.82) is 0 Å². The summed E-state index contributed by atoms with van der Waals surface area (Å²) in [5.41, 5.74) is 10.3. The number of aryl methyl sites for hydroxylation is 6. The van der Waals surface area contributed by atoms with Gasteiger partial charge in [0.25, 0.3) is 0 Å². The Morgan fingerprint density at radius 2 is 0.567 bits per heavy atom. The van der Waals surface area contributed by atoms with Crippen molar-refractivity contribution in [2.24, 2.45) is 0 Å². The number of nitrogens with zero attached hydrogens (tertiary/aromatic N) is 3. The molecule has 0 aliphatic rings. The predicted molar refractivity (Wildman–Crippen MR) is 125 cm³/mol. The lowest BCUT2D eigenvalue weighted by atomic mass is 9.99. The van der Waals surface area contributed by atoms with Crippen molar-refractivity contribution in [2.75, 3.05) is 0 Å². The molecule has 30 heavy (non-hydrogen) atoms. The molecule has 1 aromatic heterocycles. The Labute approximate surface area is 178 Å². The van der Waals surface area contributed by atoms with Crippen LogP contribution in [-0.4, -0.2) is 15.0 Å². The molecule has 0 unspecified atom stereocenters. The molecule has 0 saturated heterocycles. The van der Waals surface area contributed by atoms with Crippen molar-refractivity contribution in [3.63, 3.8) is 0 Å². The Morgan fingerprint density at radius 3 is 0.767 bits per heavy atom. The zero-order valence-corrected chi connectivity index (χ0v) is 18.5. The van der Waals surface area contributed by atoms with Gasteiger partial charge in [0.2, 0.25) is 0 Å². The van der Waals surface area contributed by atoms with Crippen molar-refractivity contribution in [1.82, 2.24) is 15.0 Å². The maximum Gasteiger partial charge on any atom is 0.164 e. The van der Waals surface area contributed by atoms with Crippen LogP contribution in [0.3, 0.4) is 0 Å². The van der Waals surface area contributed by atoms with Crippen LogP contribution in [-0.2, 0) is 0 Å². The number of rotatable bonds is 3. The van der Waals surface area contributed by atoms with Gasteiger partial charge in [-0.25, -0.2) is 15.0 Å². The highest BCUT2D eigenvalue weighted by Gasteiger charge is 2.18. The van der Waals surface area contributed by atoms with Gasteiger partial charge in [0.05, 0.1) is 0 Å². The summed E-state index contributed by atoms with van der Waals surface area (Å²) < 4.78 is 0. The molecule has 0 aliphatic carbocycles. The van der Waals surface area contributed by atoms with Gasteiger partial charge in [-0.3, -0.25) is 0 Å². The van der Waals surface area contributed by atoms with Crippen LogP contribution in [0.5, 0.6) is 0 Å². The van der Waals surface area contributed by atoms with Gasteiger partial charge in [-0.2, -0.15) is 0 Å². The van der Waals surface area contributed by atoms with E-state index in [1.165, 1.54) is 33.4 Å². The van der Waals surface area contributed by atoms with E-state index in [-0.39, 0.29) is 0 Å². The van der Waals surface area contributed by atoms with Crippen molar-refractivity contribution in [3.05, 3.63) is 88.0 Å². The normalized spacial score (nSPS) is 11.0. The number of hydrogen-bond acceptors (Lipinski definition) is 3. The van der Waals surface area contributed by atoms with E-state index in [1.54, 1.807) is 0 Å². The van der Waals surface area contributed by atoms with Crippen LogP contribution in [0.4, 0.5) is 0 Å². The molecule has 4 aromatic rings. The molecule has 0 fully saturated rings. The molecule has 4 rings (SSSR count). The maximum absolute atomic E-state index is 4.98. The Hall–Kier alpha value is -3.33. The standard InChI is InChI=1S/C27H27N3/c1-16-10-7-11-17(2)22(16)25-28-26(23-18(3)12-8-13-19(23)4)30-27(29-25)24-20(5)14-9-15-21(24)6/h7-15H,1-6H3. The average molecular weight is 394 g/mol. The quantitative estimate of drug-likeness (QED) is 0.388. The molecular weight excluding hydrogens is 366 g/mol. The van der Waals surface area contributed by atoms with Crippen LogP contribution in [0.25, 0.3) is 34.2 Å². The minimum atomic E-state index is 0.732. The van der Waals surface area contributed by atoms with Gasteiger partial charge >= 0.3 is 0 Å². The summed E-state index contributed by atoms with van der Waals surface area (Å²) >= 11 is 0. The molecule has 3 aromatic carbocycles. The second kappa shape index (κ2) is 7.83. The fraction of sp³-hybridized carbons (Fsp3) is 0.222. The third-order valence-electron chi connectivity index (χ3n) is 5.75. The second-order valence-corrected chi connectivity index (χ2v) is 8.11. The molecule has 0 amide bonds. The minimum Gasteiger partial charge on any atom is -0.208 e. The van der Waals surface area contributed by atoms with Gasteiger partial charge < -0.3 is 0 Å². The highest BCUT2D eigenvalue weighted by molar-refractivity contribution is 5.74. The highest BCUT2D eigenvalue weighted by Crippen LogP contribution is 2.32. The van der Waals surface area contributed by atoms with Crippen molar-refractivity contribution in [2.45, 2.75) is 41.5 Å². The largest absolute Gasteiger partial charge is 0.208 e. The van der Waals surface area contributed by atoms with Crippen molar-refractivity contribution >= 4 is 0 Å². The molecular formula is C27H27N3. The molecule has 0 spiro atoms. The first-order valence-corrected chi connectivity index (χ1v) is 10.3. The van der Waals surface area contributed by atoms with E-state index in [1.807, 2.05) is 0 Å². The monoisotopic (exact) mass is 393 g/mol. The van der Waals surface area contributed by atoms with Gasteiger partial charge in [0, 0.05) is 16.7 Å². The smallest absolute Gasteiger partial charge is 0.164 e. The molecule has 0 N–H and O–H groups in total. The van der Waals surface area contributed by atoms with Gasteiger partial charge in [0.15, 0.2) is 17.5 Å².